The van der Waals surface area contributed by atoms with E-state index in [0.717, 1.165) is 19.3 Å². The van der Waals surface area contributed by atoms with Crippen LogP contribution in [0.4, 0.5) is 10.1 Å². The molecule has 0 fully saturated rings. The molecule has 1 aliphatic carbocycles. The third-order valence-corrected chi connectivity index (χ3v) is 6.94. The fourth-order valence-corrected chi connectivity index (χ4v) is 4.90. The molecule has 1 heterocycles. The molecule has 8 heteroatoms. The van der Waals surface area contributed by atoms with Crippen molar-refractivity contribution in [2.24, 2.45) is 5.92 Å². The highest BCUT2D eigenvalue weighted by atomic mass is 32.1. The van der Waals surface area contributed by atoms with Gasteiger partial charge in [-0.05, 0) is 73.6 Å². The lowest BCUT2D eigenvalue weighted by Gasteiger charge is -2.16. The Hall–Kier alpha value is -3.52. The fourth-order valence-electron chi connectivity index (χ4n) is 3.80. The van der Waals surface area contributed by atoms with E-state index in [4.69, 9.17) is 0 Å². The van der Waals surface area contributed by atoms with E-state index in [1.807, 2.05) is 6.07 Å². The van der Waals surface area contributed by atoms with E-state index in [2.05, 4.69) is 23.1 Å². The number of amides is 3. The lowest BCUT2D eigenvalue weighted by Crippen LogP contribution is -2.41. The molecule has 1 atom stereocenters. The van der Waals surface area contributed by atoms with E-state index >= 15 is 0 Å². The summed E-state index contributed by atoms with van der Waals surface area (Å²) in [7, 11) is 0. The van der Waals surface area contributed by atoms with Gasteiger partial charge in [0.15, 0.2) is 0 Å². The number of nitrogens with one attached hydrogen (secondary N) is 3. The Labute approximate surface area is 195 Å². The number of hydrazine groups is 1. The summed E-state index contributed by atoms with van der Waals surface area (Å²) in [6.07, 6.45) is 3.07. The van der Waals surface area contributed by atoms with Crippen molar-refractivity contribution < 1.29 is 18.8 Å². The van der Waals surface area contributed by atoms with Crippen LogP contribution in [0.1, 0.15) is 59.7 Å². The molecule has 4 rings (SSSR count). The van der Waals surface area contributed by atoms with Gasteiger partial charge in [0.05, 0.1) is 10.4 Å². The van der Waals surface area contributed by atoms with Gasteiger partial charge in [-0.3, -0.25) is 25.2 Å². The van der Waals surface area contributed by atoms with E-state index in [0.29, 0.717) is 22.0 Å². The zero-order valence-corrected chi connectivity index (χ0v) is 19.1. The lowest BCUT2D eigenvalue weighted by atomic mass is 9.90. The second-order valence-electron chi connectivity index (χ2n) is 8.28. The van der Waals surface area contributed by atoms with Crippen molar-refractivity contribution in [2.75, 3.05) is 5.32 Å². The molecule has 0 saturated heterocycles. The van der Waals surface area contributed by atoms with Crippen molar-refractivity contribution in [3.8, 4) is 0 Å². The monoisotopic (exact) mass is 465 g/mol. The number of rotatable bonds is 4. The van der Waals surface area contributed by atoms with Gasteiger partial charge < -0.3 is 5.32 Å². The minimum atomic E-state index is -0.631. The number of thiophene rings is 1. The van der Waals surface area contributed by atoms with Gasteiger partial charge in [0.2, 0.25) is 0 Å². The van der Waals surface area contributed by atoms with Crippen molar-refractivity contribution in [2.45, 2.75) is 33.1 Å². The second-order valence-corrected chi connectivity index (χ2v) is 9.42. The molecule has 0 aliphatic heterocycles. The Balaban J connectivity index is 1.41. The summed E-state index contributed by atoms with van der Waals surface area (Å²) in [5.74, 6) is -1.53. The molecular weight excluding hydrogens is 441 g/mol. The van der Waals surface area contributed by atoms with Gasteiger partial charge in [-0.15, -0.1) is 11.3 Å². The average molecular weight is 466 g/mol. The molecule has 170 valence electrons. The number of halogens is 1. The van der Waals surface area contributed by atoms with E-state index in [-0.39, 0.29) is 17.0 Å². The number of aryl methyl sites for hydroxylation is 2. The molecule has 0 saturated carbocycles. The van der Waals surface area contributed by atoms with Crippen LogP contribution in [0.2, 0.25) is 0 Å². The molecule has 33 heavy (non-hydrogen) atoms. The standard InChI is InChI=1S/C25H24FN3O3S/c1-14-7-10-21-17(11-14)13-22(33-21)25(32)29-28-23(30)16-9-8-15(2)20(12-16)27-24(31)18-5-3-4-6-19(18)26/h3-6,8-9,12-14H,7,10-11H2,1-2H3,(H,27,31)(H,28,30)(H,29,32). The van der Waals surface area contributed by atoms with Gasteiger partial charge >= 0.3 is 0 Å². The summed E-state index contributed by atoms with van der Waals surface area (Å²) in [6.45, 7) is 3.97. The van der Waals surface area contributed by atoms with Crippen LogP contribution in [0.5, 0.6) is 0 Å². The zero-order valence-electron chi connectivity index (χ0n) is 18.3. The molecular formula is C25H24FN3O3S. The predicted octanol–water partition coefficient (Wildman–Crippen LogP) is 4.65. The maximum absolute atomic E-state index is 13.9. The fraction of sp³-hybridized carbons (Fsp3) is 0.240. The van der Waals surface area contributed by atoms with Crippen molar-refractivity contribution in [3.63, 3.8) is 0 Å². The third-order valence-electron chi connectivity index (χ3n) is 5.71. The number of hydrogen-bond acceptors (Lipinski definition) is 4. The smallest absolute Gasteiger partial charge is 0.279 e. The van der Waals surface area contributed by atoms with Crippen LogP contribution in [0.3, 0.4) is 0 Å². The first-order chi connectivity index (χ1) is 15.8. The molecule has 3 N–H and O–H groups in total. The first-order valence-corrected chi connectivity index (χ1v) is 11.5. The van der Waals surface area contributed by atoms with E-state index < -0.39 is 17.6 Å². The molecule has 0 radical (unpaired) electrons. The van der Waals surface area contributed by atoms with Crippen LogP contribution >= 0.6 is 11.3 Å². The molecule has 1 aromatic heterocycles. The topological polar surface area (TPSA) is 87.3 Å². The zero-order chi connectivity index (χ0) is 23.5. The van der Waals surface area contributed by atoms with Crippen molar-refractivity contribution in [1.82, 2.24) is 10.9 Å². The minimum Gasteiger partial charge on any atom is -0.322 e. The lowest BCUT2D eigenvalue weighted by molar-refractivity contribution is 0.0849. The largest absolute Gasteiger partial charge is 0.322 e. The normalized spacial score (nSPS) is 14.8. The van der Waals surface area contributed by atoms with Gasteiger partial charge in [-0.2, -0.15) is 0 Å². The summed E-state index contributed by atoms with van der Waals surface area (Å²) in [6, 6.07) is 12.3. The SMILES string of the molecule is Cc1ccc(C(=O)NNC(=O)c2cc3c(s2)CCC(C)C3)cc1NC(=O)c1ccccc1F. The van der Waals surface area contributed by atoms with Gasteiger partial charge in [0.1, 0.15) is 5.82 Å². The molecule has 2 aromatic carbocycles. The molecule has 6 nitrogen and oxygen atoms in total. The predicted molar refractivity (Wildman–Crippen MR) is 126 cm³/mol. The number of benzene rings is 2. The van der Waals surface area contributed by atoms with Crippen LogP contribution in [0.15, 0.2) is 48.5 Å². The number of fused-ring (bicyclic) bond motifs is 1. The third kappa shape index (κ3) is 5.12. The Morgan fingerprint density at radius 3 is 2.55 bits per heavy atom. The van der Waals surface area contributed by atoms with Crippen LogP contribution < -0.4 is 16.2 Å². The Bertz CT molecular complexity index is 1240. The van der Waals surface area contributed by atoms with Crippen LogP contribution in [-0.4, -0.2) is 17.7 Å². The molecule has 0 spiro atoms. The highest BCUT2D eigenvalue weighted by Crippen LogP contribution is 2.32. The van der Waals surface area contributed by atoms with Crippen molar-refractivity contribution in [1.29, 1.82) is 0 Å². The molecule has 1 aliphatic rings. The summed E-state index contributed by atoms with van der Waals surface area (Å²) in [5, 5.41) is 2.64. The number of carbonyl (C=O) groups excluding carboxylic acids is 3. The van der Waals surface area contributed by atoms with Crippen LogP contribution in [-0.2, 0) is 12.8 Å². The minimum absolute atomic E-state index is 0.0907. The summed E-state index contributed by atoms with van der Waals surface area (Å²) in [5.41, 5.74) is 7.33. The van der Waals surface area contributed by atoms with E-state index in [9.17, 15) is 18.8 Å². The van der Waals surface area contributed by atoms with E-state index in [1.165, 1.54) is 46.0 Å². The average Bonchev–Trinajstić information content (AvgIpc) is 3.22. The van der Waals surface area contributed by atoms with Gasteiger partial charge in [-0.1, -0.05) is 25.1 Å². The first-order valence-electron chi connectivity index (χ1n) is 10.7. The van der Waals surface area contributed by atoms with Crippen LogP contribution in [0.25, 0.3) is 0 Å². The number of anilines is 1. The molecule has 0 bridgehead atoms. The van der Waals surface area contributed by atoms with Crippen molar-refractivity contribution in [3.05, 3.63) is 86.4 Å². The Morgan fingerprint density at radius 2 is 1.76 bits per heavy atom. The van der Waals surface area contributed by atoms with Gasteiger partial charge in [0, 0.05) is 16.1 Å². The summed E-state index contributed by atoms with van der Waals surface area (Å²) in [4.78, 5) is 39.4. The summed E-state index contributed by atoms with van der Waals surface area (Å²) < 4.78 is 13.9. The molecule has 3 aromatic rings. The Kier molecular flexibility index (Phi) is 6.55. The highest BCUT2D eigenvalue weighted by molar-refractivity contribution is 7.14. The summed E-state index contributed by atoms with van der Waals surface area (Å²) >= 11 is 1.46. The maximum atomic E-state index is 13.9. The maximum Gasteiger partial charge on any atom is 0.279 e. The van der Waals surface area contributed by atoms with Gasteiger partial charge in [0.25, 0.3) is 17.7 Å². The Morgan fingerprint density at radius 1 is 1.00 bits per heavy atom. The highest BCUT2D eigenvalue weighted by Gasteiger charge is 2.21. The number of hydrogen-bond donors (Lipinski definition) is 3. The van der Waals surface area contributed by atoms with Crippen LogP contribution in [0, 0.1) is 18.7 Å². The molecule has 3 amide bonds. The quantitative estimate of drug-likeness (QED) is 0.490. The van der Waals surface area contributed by atoms with Gasteiger partial charge in [-0.25, -0.2) is 4.39 Å². The van der Waals surface area contributed by atoms with E-state index in [1.54, 1.807) is 25.1 Å². The van der Waals surface area contributed by atoms with Crippen molar-refractivity contribution >= 4 is 34.7 Å². The molecule has 1 unspecified atom stereocenters. The second kappa shape index (κ2) is 9.54. The number of carbonyl (C=O) groups is 3. The first kappa shape index (κ1) is 22.7.